The highest BCUT2D eigenvalue weighted by Crippen LogP contribution is 2.29. The third kappa shape index (κ3) is 2.93. The molecule has 21 heavy (non-hydrogen) atoms. The van der Waals surface area contributed by atoms with Crippen LogP contribution in [0.3, 0.4) is 0 Å². The molecule has 1 amide bonds. The van der Waals surface area contributed by atoms with Crippen LogP contribution in [-0.4, -0.2) is 22.5 Å². The Morgan fingerprint density at radius 1 is 1.43 bits per heavy atom. The van der Waals surface area contributed by atoms with Crippen molar-refractivity contribution in [2.24, 2.45) is 5.41 Å². The van der Waals surface area contributed by atoms with Crippen molar-refractivity contribution in [3.05, 3.63) is 24.0 Å². The Labute approximate surface area is 124 Å². The van der Waals surface area contributed by atoms with E-state index in [9.17, 15) is 4.79 Å². The van der Waals surface area contributed by atoms with E-state index >= 15 is 0 Å². The van der Waals surface area contributed by atoms with Crippen molar-refractivity contribution in [1.82, 2.24) is 9.97 Å². The summed E-state index contributed by atoms with van der Waals surface area (Å²) in [6.07, 6.45) is 2.16. The molecule has 1 atom stereocenters. The van der Waals surface area contributed by atoms with E-state index in [1.807, 2.05) is 39.0 Å². The van der Waals surface area contributed by atoms with E-state index in [1.165, 1.54) is 0 Å². The molecule has 1 fully saturated rings. The number of aromatic nitrogens is 2. The number of carbonyl (C=O) groups is 1. The number of hydrogen-bond acceptors (Lipinski definition) is 3. The Bertz CT molecular complexity index is 664. The molecule has 1 aromatic carbocycles. The number of H-pyrrole nitrogens is 1. The van der Waals surface area contributed by atoms with Crippen molar-refractivity contribution < 1.29 is 9.53 Å². The number of amides is 1. The number of nitrogens with one attached hydrogen (secondary N) is 2. The molecule has 0 saturated carbocycles. The summed E-state index contributed by atoms with van der Waals surface area (Å²) >= 11 is 0. The molecule has 3 rings (SSSR count). The summed E-state index contributed by atoms with van der Waals surface area (Å²) in [7, 11) is 0. The van der Waals surface area contributed by atoms with Gasteiger partial charge in [-0.1, -0.05) is 20.8 Å². The summed E-state index contributed by atoms with van der Waals surface area (Å²) in [4.78, 5) is 19.9. The summed E-state index contributed by atoms with van der Waals surface area (Å²) in [5.41, 5.74) is 2.19. The summed E-state index contributed by atoms with van der Waals surface area (Å²) < 4.78 is 5.64. The average molecular weight is 287 g/mol. The van der Waals surface area contributed by atoms with Crippen molar-refractivity contribution in [3.8, 4) is 0 Å². The molecule has 2 N–H and O–H groups in total. The van der Waals surface area contributed by atoms with Crippen molar-refractivity contribution in [2.75, 3.05) is 11.9 Å². The van der Waals surface area contributed by atoms with Gasteiger partial charge in [0.25, 0.3) is 0 Å². The number of fused-ring (bicyclic) bond motifs is 1. The molecule has 1 saturated heterocycles. The van der Waals surface area contributed by atoms with Crippen LogP contribution in [0.25, 0.3) is 11.0 Å². The Hall–Kier alpha value is -1.88. The van der Waals surface area contributed by atoms with Gasteiger partial charge in [0.1, 0.15) is 11.9 Å². The Morgan fingerprint density at radius 3 is 2.90 bits per heavy atom. The van der Waals surface area contributed by atoms with Crippen LogP contribution in [0.2, 0.25) is 0 Å². The van der Waals surface area contributed by atoms with Gasteiger partial charge < -0.3 is 15.0 Å². The minimum absolute atomic E-state index is 0.000662. The molecule has 0 aliphatic carbocycles. The quantitative estimate of drug-likeness (QED) is 0.889. The summed E-state index contributed by atoms with van der Waals surface area (Å²) in [5.74, 6) is 0.877. The summed E-state index contributed by atoms with van der Waals surface area (Å²) in [6.45, 7) is 6.49. The topological polar surface area (TPSA) is 67.0 Å². The number of ether oxygens (including phenoxy) is 1. The van der Waals surface area contributed by atoms with E-state index in [-0.39, 0.29) is 12.0 Å². The van der Waals surface area contributed by atoms with Gasteiger partial charge in [-0.2, -0.15) is 0 Å². The highest BCUT2D eigenvalue weighted by atomic mass is 16.5. The lowest BCUT2D eigenvalue weighted by molar-refractivity contribution is -0.123. The second-order valence-corrected chi connectivity index (χ2v) is 6.56. The predicted molar refractivity (Wildman–Crippen MR) is 82.1 cm³/mol. The monoisotopic (exact) mass is 287 g/mol. The third-order valence-electron chi connectivity index (χ3n) is 3.67. The van der Waals surface area contributed by atoms with Crippen LogP contribution >= 0.6 is 0 Å². The normalized spacial score (nSPS) is 19.1. The van der Waals surface area contributed by atoms with Crippen molar-refractivity contribution in [2.45, 2.75) is 39.7 Å². The largest absolute Gasteiger partial charge is 0.370 e. The first-order chi connectivity index (χ1) is 9.93. The maximum absolute atomic E-state index is 12.0. The molecule has 2 heterocycles. The standard InChI is InChI=1S/C16H21N3O2/c1-16(2,3)15(20)17-10-6-7-11-12(9-10)19-14(18-11)13-5-4-8-21-13/h6-7,9,13H,4-5,8H2,1-3H3,(H,17,20)(H,18,19)/t13-/m0/s1. The van der Waals surface area contributed by atoms with Crippen molar-refractivity contribution in [1.29, 1.82) is 0 Å². The molecule has 1 aliphatic rings. The first-order valence-corrected chi connectivity index (χ1v) is 7.36. The minimum atomic E-state index is -0.411. The van der Waals surface area contributed by atoms with Crippen LogP contribution < -0.4 is 5.32 Å². The molecule has 112 valence electrons. The molecule has 1 aliphatic heterocycles. The first-order valence-electron chi connectivity index (χ1n) is 7.36. The van der Waals surface area contributed by atoms with Crippen LogP contribution in [0, 0.1) is 5.41 Å². The number of anilines is 1. The van der Waals surface area contributed by atoms with Gasteiger partial charge in [-0.15, -0.1) is 0 Å². The smallest absolute Gasteiger partial charge is 0.229 e. The number of benzene rings is 1. The maximum Gasteiger partial charge on any atom is 0.229 e. The van der Waals surface area contributed by atoms with Gasteiger partial charge in [-0.05, 0) is 31.0 Å². The van der Waals surface area contributed by atoms with E-state index in [1.54, 1.807) is 0 Å². The van der Waals surface area contributed by atoms with Crippen LogP contribution in [0.15, 0.2) is 18.2 Å². The Kier molecular flexibility index (Phi) is 3.45. The van der Waals surface area contributed by atoms with Gasteiger partial charge in [-0.3, -0.25) is 4.79 Å². The lowest BCUT2D eigenvalue weighted by Crippen LogP contribution is -2.27. The first kappa shape index (κ1) is 14.1. The van der Waals surface area contributed by atoms with Crippen molar-refractivity contribution >= 4 is 22.6 Å². The van der Waals surface area contributed by atoms with Gasteiger partial charge in [0.05, 0.1) is 11.0 Å². The molecule has 0 radical (unpaired) electrons. The van der Waals surface area contributed by atoms with E-state index in [0.29, 0.717) is 0 Å². The van der Waals surface area contributed by atoms with E-state index in [4.69, 9.17) is 4.74 Å². The fraction of sp³-hybridized carbons (Fsp3) is 0.500. The van der Waals surface area contributed by atoms with Crippen LogP contribution in [-0.2, 0) is 9.53 Å². The van der Waals surface area contributed by atoms with Crippen LogP contribution in [0.5, 0.6) is 0 Å². The number of hydrogen-bond donors (Lipinski definition) is 2. The molecule has 1 aromatic heterocycles. The fourth-order valence-electron chi connectivity index (χ4n) is 2.37. The maximum atomic E-state index is 12.0. The molecule has 0 unspecified atom stereocenters. The molecule has 2 aromatic rings. The number of carbonyl (C=O) groups excluding carboxylic acids is 1. The Morgan fingerprint density at radius 2 is 2.24 bits per heavy atom. The summed E-state index contributed by atoms with van der Waals surface area (Å²) in [5, 5.41) is 2.93. The highest BCUT2D eigenvalue weighted by Gasteiger charge is 2.22. The molecule has 5 nitrogen and oxygen atoms in total. The van der Waals surface area contributed by atoms with Gasteiger partial charge in [-0.25, -0.2) is 4.98 Å². The predicted octanol–water partition coefficient (Wildman–Crippen LogP) is 3.40. The van der Waals surface area contributed by atoms with Crippen LogP contribution in [0.1, 0.15) is 45.5 Å². The Balaban J connectivity index is 1.84. The number of rotatable bonds is 2. The SMILES string of the molecule is CC(C)(C)C(=O)Nc1ccc2nc([C@@H]3CCCO3)[nH]c2c1. The molecule has 0 spiro atoms. The second kappa shape index (κ2) is 5.15. The zero-order chi connectivity index (χ0) is 15.0. The summed E-state index contributed by atoms with van der Waals surface area (Å²) in [6, 6.07) is 5.72. The van der Waals surface area contributed by atoms with Gasteiger partial charge in [0.2, 0.25) is 5.91 Å². The number of aromatic amines is 1. The molecular weight excluding hydrogens is 266 g/mol. The minimum Gasteiger partial charge on any atom is -0.370 e. The fourth-order valence-corrected chi connectivity index (χ4v) is 2.37. The molecule has 5 heteroatoms. The zero-order valence-corrected chi connectivity index (χ0v) is 12.7. The van der Waals surface area contributed by atoms with Gasteiger partial charge in [0, 0.05) is 17.7 Å². The zero-order valence-electron chi connectivity index (χ0n) is 12.7. The lowest BCUT2D eigenvalue weighted by Gasteiger charge is -2.17. The molecule has 0 bridgehead atoms. The number of nitrogens with zero attached hydrogens (tertiary/aromatic N) is 1. The van der Waals surface area contributed by atoms with E-state index in [0.717, 1.165) is 42.0 Å². The molecular formula is C16H21N3O2. The highest BCUT2D eigenvalue weighted by molar-refractivity contribution is 5.96. The number of imidazole rings is 1. The van der Waals surface area contributed by atoms with Gasteiger partial charge in [0.15, 0.2) is 0 Å². The van der Waals surface area contributed by atoms with E-state index < -0.39 is 5.41 Å². The third-order valence-corrected chi connectivity index (χ3v) is 3.67. The van der Waals surface area contributed by atoms with Crippen molar-refractivity contribution in [3.63, 3.8) is 0 Å². The van der Waals surface area contributed by atoms with Crippen LogP contribution in [0.4, 0.5) is 5.69 Å². The lowest BCUT2D eigenvalue weighted by atomic mass is 9.95. The average Bonchev–Trinajstić information content (AvgIpc) is 3.05. The van der Waals surface area contributed by atoms with Gasteiger partial charge >= 0.3 is 0 Å². The second-order valence-electron chi connectivity index (χ2n) is 6.56. The van der Waals surface area contributed by atoms with E-state index in [2.05, 4.69) is 15.3 Å².